The van der Waals surface area contributed by atoms with Crippen LogP contribution in [0.4, 0.5) is 0 Å². The maximum absolute atomic E-state index is 12.8. The molecule has 1 heterocycles. The topological polar surface area (TPSA) is 66.8 Å². The predicted molar refractivity (Wildman–Crippen MR) is 111 cm³/mol. The maximum Gasteiger partial charge on any atom is 0.295 e. The second-order valence-electron chi connectivity index (χ2n) is 6.76. The number of aryl methyl sites for hydroxylation is 1. The number of carbonyl (C=O) groups excluding carboxylic acids is 2. The van der Waals surface area contributed by atoms with Crippen LogP contribution in [0.25, 0.3) is 5.76 Å². The van der Waals surface area contributed by atoms with Gasteiger partial charge in [0, 0.05) is 30.3 Å². The molecule has 3 rings (SSSR count). The Labute approximate surface area is 172 Å². The van der Waals surface area contributed by atoms with Gasteiger partial charge in [-0.3, -0.25) is 9.59 Å². The van der Waals surface area contributed by atoms with Crippen LogP contribution in [0.3, 0.4) is 0 Å². The van der Waals surface area contributed by atoms with Gasteiger partial charge in [0.05, 0.1) is 11.6 Å². The van der Waals surface area contributed by atoms with Crippen molar-refractivity contribution >= 4 is 33.4 Å². The van der Waals surface area contributed by atoms with Crippen molar-refractivity contribution in [3.05, 3.63) is 75.3 Å². The van der Waals surface area contributed by atoms with E-state index in [1.807, 2.05) is 43.3 Å². The Hall–Kier alpha value is -2.44. The summed E-state index contributed by atoms with van der Waals surface area (Å²) in [4.78, 5) is 27.1. The summed E-state index contributed by atoms with van der Waals surface area (Å²) in [6, 6.07) is 14.0. The van der Waals surface area contributed by atoms with Crippen LogP contribution in [0.1, 0.15) is 29.2 Å². The molecule has 1 N–H and O–H groups in total. The fraction of sp³-hybridized carbons (Fsp3) is 0.273. The number of ketones is 1. The molecule has 6 heteroatoms. The fourth-order valence-corrected chi connectivity index (χ4v) is 3.61. The molecule has 0 aliphatic carbocycles. The standard InChI is InChI=1S/C22H22BrNO4/c1-14-4-6-16(7-5-14)20(25)18-19(15-8-10-17(23)11-9-15)24(12-3-13-28-2)22(27)21(18)26/h4-11,19,25H,3,12-13H2,1-2H3/t19-/m0/s1. The quantitative estimate of drug-likeness (QED) is 0.314. The van der Waals surface area contributed by atoms with Crippen LogP contribution in [0.5, 0.6) is 0 Å². The normalized spacial score (nSPS) is 18.7. The van der Waals surface area contributed by atoms with E-state index in [9.17, 15) is 14.7 Å². The van der Waals surface area contributed by atoms with Crippen molar-refractivity contribution in [3.8, 4) is 0 Å². The molecule has 0 radical (unpaired) electrons. The number of likely N-dealkylation sites (tertiary alicyclic amines) is 1. The van der Waals surface area contributed by atoms with Crippen LogP contribution in [0.2, 0.25) is 0 Å². The monoisotopic (exact) mass is 443 g/mol. The number of hydrogen-bond acceptors (Lipinski definition) is 4. The number of carbonyl (C=O) groups is 2. The summed E-state index contributed by atoms with van der Waals surface area (Å²) in [6.45, 7) is 2.79. The van der Waals surface area contributed by atoms with Crippen LogP contribution in [-0.2, 0) is 14.3 Å². The number of amides is 1. The minimum atomic E-state index is -0.664. The Balaban J connectivity index is 2.10. The fourth-order valence-electron chi connectivity index (χ4n) is 3.35. The van der Waals surface area contributed by atoms with Gasteiger partial charge in [-0.05, 0) is 31.0 Å². The van der Waals surface area contributed by atoms with Crippen molar-refractivity contribution in [2.75, 3.05) is 20.3 Å². The first-order valence-corrected chi connectivity index (χ1v) is 9.83. The molecule has 1 amide bonds. The Bertz CT molecular complexity index is 903. The number of methoxy groups -OCH3 is 1. The van der Waals surface area contributed by atoms with Crippen molar-refractivity contribution in [2.24, 2.45) is 0 Å². The summed E-state index contributed by atoms with van der Waals surface area (Å²) in [5.41, 5.74) is 2.45. The van der Waals surface area contributed by atoms with Crippen LogP contribution in [0.15, 0.2) is 58.6 Å². The summed E-state index contributed by atoms with van der Waals surface area (Å²) in [5, 5.41) is 10.9. The van der Waals surface area contributed by atoms with E-state index in [1.54, 1.807) is 19.2 Å². The van der Waals surface area contributed by atoms with Gasteiger partial charge in [-0.25, -0.2) is 0 Å². The largest absolute Gasteiger partial charge is 0.507 e. The second-order valence-corrected chi connectivity index (χ2v) is 7.67. The molecule has 0 spiro atoms. The smallest absolute Gasteiger partial charge is 0.295 e. The SMILES string of the molecule is COCCCN1C(=O)C(=O)C(=C(O)c2ccc(C)cc2)[C@@H]1c1ccc(Br)cc1. The first kappa shape index (κ1) is 20.3. The number of benzene rings is 2. The first-order chi connectivity index (χ1) is 13.4. The average molecular weight is 444 g/mol. The molecule has 0 bridgehead atoms. The Morgan fingerprint density at radius 2 is 1.75 bits per heavy atom. The highest BCUT2D eigenvalue weighted by molar-refractivity contribution is 9.10. The van der Waals surface area contributed by atoms with E-state index >= 15 is 0 Å². The number of hydrogen-bond donors (Lipinski definition) is 1. The molecule has 146 valence electrons. The molecule has 28 heavy (non-hydrogen) atoms. The van der Waals surface area contributed by atoms with Crippen LogP contribution in [-0.4, -0.2) is 42.0 Å². The third kappa shape index (κ3) is 4.03. The number of halogens is 1. The van der Waals surface area contributed by atoms with E-state index in [1.165, 1.54) is 4.90 Å². The third-order valence-corrected chi connectivity index (χ3v) is 5.33. The van der Waals surface area contributed by atoms with E-state index < -0.39 is 17.7 Å². The first-order valence-electron chi connectivity index (χ1n) is 9.04. The van der Waals surface area contributed by atoms with E-state index in [4.69, 9.17) is 4.74 Å². The summed E-state index contributed by atoms with van der Waals surface area (Å²) in [5.74, 6) is -1.42. The van der Waals surface area contributed by atoms with Crippen LogP contribution in [0, 0.1) is 6.92 Å². The minimum absolute atomic E-state index is 0.119. The van der Waals surface area contributed by atoms with Gasteiger partial charge in [-0.15, -0.1) is 0 Å². The highest BCUT2D eigenvalue weighted by Crippen LogP contribution is 2.39. The molecule has 1 atom stereocenters. The summed E-state index contributed by atoms with van der Waals surface area (Å²) < 4.78 is 5.98. The van der Waals surface area contributed by atoms with Gasteiger partial charge < -0.3 is 14.7 Å². The van der Waals surface area contributed by atoms with Crippen LogP contribution >= 0.6 is 15.9 Å². The van der Waals surface area contributed by atoms with Crippen LogP contribution < -0.4 is 0 Å². The zero-order valence-corrected chi connectivity index (χ0v) is 17.4. The van der Waals surface area contributed by atoms with Crippen molar-refractivity contribution in [3.63, 3.8) is 0 Å². The number of ether oxygens (including phenoxy) is 1. The van der Waals surface area contributed by atoms with Crippen molar-refractivity contribution < 1.29 is 19.4 Å². The van der Waals surface area contributed by atoms with Gasteiger partial charge in [0.1, 0.15) is 5.76 Å². The summed E-state index contributed by atoms with van der Waals surface area (Å²) in [7, 11) is 1.59. The lowest BCUT2D eigenvalue weighted by Gasteiger charge is -2.25. The van der Waals surface area contributed by atoms with Gasteiger partial charge >= 0.3 is 0 Å². The van der Waals surface area contributed by atoms with E-state index in [0.717, 1.165) is 15.6 Å². The second kappa shape index (κ2) is 8.71. The predicted octanol–water partition coefficient (Wildman–Crippen LogP) is 4.22. The Morgan fingerprint density at radius 1 is 1.11 bits per heavy atom. The Morgan fingerprint density at radius 3 is 2.36 bits per heavy atom. The molecule has 2 aromatic rings. The lowest BCUT2D eigenvalue weighted by molar-refractivity contribution is -0.140. The minimum Gasteiger partial charge on any atom is -0.507 e. The number of rotatable bonds is 6. The van der Waals surface area contributed by atoms with E-state index in [0.29, 0.717) is 25.1 Å². The zero-order valence-electron chi connectivity index (χ0n) is 15.8. The van der Waals surface area contributed by atoms with Gasteiger partial charge in [-0.1, -0.05) is 57.9 Å². The van der Waals surface area contributed by atoms with Gasteiger partial charge in [0.15, 0.2) is 0 Å². The van der Waals surface area contributed by atoms with Crippen molar-refractivity contribution in [1.82, 2.24) is 4.90 Å². The molecular weight excluding hydrogens is 422 g/mol. The molecule has 1 fully saturated rings. The number of aliphatic hydroxyl groups is 1. The number of Topliss-reactive ketones (excluding diaryl/α,β-unsaturated/α-hetero) is 1. The Kier molecular flexibility index (Phi) is 6.31. The average Bonchev–Trinajstić information content (AvgIpc) is 2.94. The molecule has 1 aliphatic rings. The highest BCUT2D eigenvalue weighted by atomic mass is 79.9. The highest BCUT2D eigenvalue weighted by Gasteiger charge is 2.45. The van der Waals surface area contributed by atoms with Crippen molar-refractivity contribution in [1.29, 1.82) is 0 Å². The van der Waals surface area contributed by atoms with E-state index in [-0.39, 0.29) is 11.3 Å². The number of aliphatic hydroxyl groups excluding tert-OH is 1. The molecule has 5 nitrogen and oxygen atoms in total. The molecule has 0 saturated carbocycles. The molecular formula is C22H22BrNO4. The van der Waals surface area contributed by atoms with E-state index in [2.05, 4.69) is 15.9 Å². The van der Waals surface area contributed by atoms with Gasteiger partial charge in [0.2, 0.25) is 0 Å². The molecule has 0 aromatic heterocycles. The lowest BCUT2D eigenvalue weighted by Crippen LogP contribution is -2.31. The summed E-state index contributed by atoms with van der Waals surface area (Å²) >= 11 is 3.41. The zero-order chi connectivity index (χ0) is 20.3. The molecule has 2 aromatic carbocycles. The third-order valence-electron chi connectivity index (χ3n) is 4.80. The maximum atomic E-state index is 12.8. The molecule has 1 saturated heterocycles. The molecule has 1 aliphatic heterocycles. The number of nitrogens with zero attached hydrogens (tertiary/aromatic N) is 1. The lowest BCUT2D eigenvalue weighted by atomic mass is 9.95. The van der Waals surface area contributed by atoms with Crippen molar-refractivity contribution in [2.45, 2.75) is 19.4 Å². The molecule has 0 unspecified atom stereocenters. The summed E-state index contributed by atoms with van der Waals surface area (Å²) in [6.07, 6.45) is 0.598. The van der Waals surface area contributed by atoms with Gasteiger partial charge in [0.25, 0.3) is 11.7 Å². The van der Waals surface area contributed by atoms with Gasteiger partial charge in [-0.2, -0.15) is 0 Å².